The van der Waals surface area contributed by atoms with E-state index in [1.54, 1.807) is 0 Å². The molecule has 130 valence electrons. The molecule has 0 radical (unpaired) electrons. The fourth-order valence-corrected chi connectivity index (χ4v) is 3.22. The molecule has 0 saturated heterocycles. The molecular formula is C18H12Cl2N4O2. The third-order valence-corrected chi connectivity index (χ3v) is 4.32. The Kier molecular flexibility index (Phi) is 4.44. The Morgan fingerprint density at radius 2 is 1.65 bits per heavy atom. The molecule has 0 aliphatic rings. The van der Waals surface area contributed by atoms with E-state index in [1.807, 2.05) is 42.5 Å². The number of pyridine rings is 1. The third-order valence-electron chi connectivity index (χ3n) is 3.98. The van der Waals surface area contributed by atoms with Crippen LogP contribution in [0.1, 0.15) is 5.56 Å². The van der Waals surface area contributed by atoms with Crippen LogP contribution in [0.5, 0.6) is 6.01 Å². The molecule has 8 heteroatoms. The highest BCUT2D eigenvalue weighted by molar-refractivity contribution is 6.31. The molecule has 2 aromatic heterocycles. The minimum atomic E-state index is -0.0342. The van der Waals surface area contributed by atoms with Gasteiger partial charge in [-0.2, -0.15) is 15.0 Å². The van der Waals surface area contributed by atoms with Crippen LogP contribution in [0, 0.1) is 0 Å². The molecule has 0 saturated carbocycles. The van der Waals surface area contributed by atoms with Gasteiger partial charge in [0.25, 0.3) is 0 Å². The summed E-state index contributed by atoms with van der Waals surface area (Å²) in [6.07, 6.45) is 0.500. The van der Waals surface area contributed by atoms with Gasteiger partial charge in [-0.15, -0.1) is 0 Å². The molecule has 1 N–H and O–H groups in total. The quantitative estimate of drug-likeness (QED) is 0.539. The number of hydrogen-bond donors (Lipinski definition) is 1. The fourth-order valence-electron chi connectivity index (χ4n) is 2.88. The van der Waals surface area contributed by atoms with Gasteiger partial charge in [0.2, 0.25) is 10.6 Å². The third kappa shape index (κ3) is 3.21. The maximum Gasteiger partial charge on any atom is 0.322 e. The van der Waals surface area contributed by atoms with Crippen molar-refractivity contribution in [1.82, 2.24) is 19.9 Å². The van der Waals surface area contributed by atoms with E-state index in [1.165, 1.54) is 0 Å². The van der Waals surface area contributed by atoms with E-state index in [2.05, 4.69) is 19.9 Å². The topological polar surface area (TPSA) is 80.8 Å². The summed E-state index contributed by atoms with van der Waals surface area (Å²) in [4.78, 5) is 27.6. The molecule has 26 heavy (non-hydrogen) atoms. The SMILES string of the molecule is O=c1c2ccccc2[nH]c2cccc(CCOc3nc(Cl)nc(Cl)n3)c12. The number of ether oxygens (including phenoxy) is 1. The van der Waals surface area contributed by atoms with Crippen molar-refractivity contribution in [2.45, 2.75) is 6.42 Å². The first kappa shape index (κ1) is 16.8. The fraction of sp³-hybridized carbons (Fsp3) is 0.111. The zero-order chi connectivity index (χ0) is 18.1. The molecule has 0 bridgehead atoms. The maximum atomic E-state index is 12.9. The van der Waals surface area contributed by atoms with Crippen molar-refractivity contribution in [2.75, 3.05) is 6.61 Å². The first-order chi connectivity index (χ1) is 12.6. The van der Waals surface area contributed by atoms with Gasteiger partial charge in [-0.1, -0.05) is 24.3 Å². The number of halogens is 2. The summed E-state index contributed by atoms with van der Waals surface area (Å²) in [7, 11) is 0. The Morgan fingerprint density at radius 1 is 0.923 bits per heavy atom. The summed E-state index contributed by atoms with van der Waals surface area (Å²) >= 11 is 11.5. The van der Waals surface area contributed by atoms with Crippen LogP contribution in [-0.2, 0) is 6.42 Å². The number of nitrogens with one attached hydrogen (secondary N) is 1. The first-order valence-corrected chi connectivity index (χ1v) is 8.60. The second-order valence-electron chi connectivity index (χ2n) is 5.59. The van der Waals surface area contributed by atoms with E-state index in [0.717, 1.165) is 16.6 Å². The van der Waals surface area contributed by atoms with E-state index in [4.69, 9.17) is 27.9 Å². The Balaban J connectivity index is 1.66. The minimum absolute atomic E-state index is 0.00352. The van der Waals surface area contributed by atoms with Crippen LogP contribution in [0.3, 0.4) is 0 Å². The molecule has 4 rings (SSSR count). The average molecular weight is 387 g/mol. The Hall–Kier alpha value is -2.70. The molecule has 0 amide bonds. The van der Waals surface area contributed by atoms with Gasteiger partial charge >= 0.3 is 6.01 Å². The summed E-state index contributed by atoms with van der Waals surface area (Å²) in [5.74, 6) is 0. The van der Waals surface area contributed by atoms with Crippen LogP contribution < -0.4 is 10.2 Å². The molecule has 0 aliphatic carbocycles. The lowest BCUT2D eigenvalue weighted by Gasteiger charge is -2.09. The van der Waals surface area contributed by atoms with Crippen molar-refractivity contribution in [3.63, 3.8) is 0 Å². The number of aromatic amines is 1. The van der Waals surface area contributed by atoms with E-state index < -0.39 is 0 Å². The summed E-state index contributed by atoms with van der Waals surface area (Å²) in [5, 5.41) is 1.24. The summed E-state index contributed by atoms with van der Waals surface area (Å²) in [6.45, 7) is 0.266. The van der Waals surface area contributed by atoms with Gasteiger partial charge in [0.1, 0.15) is 0 Å². The Labute approximate surface area is 157 Å². The zero-order valence-corrected chi connectivity index (χ0v) is 14.9. The number of hydrogen-bond acceptors (Lipinski definition) is 5. The van der Waals surface area contributed by atoms with Gasteiger partial charge in [-0.25, -0.2) is 0 Å². The van der Waals surface area contributed by atoms with Gasteiger partial charge in [0, 0.05) is 22.7 Å². The first-order valence-electron chi connectivity index (χ1n) is 7.84. The Bertz CT molecular complexity index is 1160. The van der Waals surface area contributed by atoms with Crippen LogP contribution in [0.25, 0.3) is 21.8 Å². The molecule has 0 atom stereocenters. The predicted molar refractivity (Wildman–Crippen MR) is 101 cm³/mol. The summed E-state index contributed by atoms with van der Waals surface area (Å²) in [5.41, 5.74) is 2.47. The number of rotatable bonds is 4. The molecule has 0 unspecified atom stereocenters. The van der Waals surface area contributed by atoms with Crippen molar-refractivity contribution in [3.05, 3.63) is 68.8 Å². The number of fused-ring (bicyclic) bond motifs is 2. The van der Waals surface area contributed by atoms with Gasteiger partial charge in [-0.3, -0.25) is 4.79 Å². The van der Waals surface area contributed by atoms with Crippen LogP contribution in [0.15, 0.2) is 47.3 Å². The second kappa shape index (κ2) is 6.90. The number of aromatic nitrogens is 4. The monoisotopic (exact) mass is 386 g/mol. The van der Waals surface area contributed by atoms with Crippen molar-refractivity contribution in [1.29, 1.82) is 0 Å². The van der Waals surface area contributed by atoms with Gasteiger partial charge in [0.15, 0.2) is 5.43 Å². The highest BCUT2D eigenvalue weighted by Gasteiger charge is 2.10. The summed E-state index contributed by atoms with van der Waals surface area (Å²) < 4.78 is 5.50. The molecule has 6 nitrogen and oxygen atoms in total. The molecule has 0 aliphatic heterocycles. The van der Waals surface area contributed by atoms with Crippen molar-refractivity contribution >= 4 is 45.0 Å². The lowest BCUT2D eigenvalue weighted by atomic mass is 10.0. The molecule has 4 aromatic rings. The van der Waals surface area contributed by atoms with Gasteiger partial charge < -0.3 is 9.72 Å². The van der Waals surface area contributed by atoms with E-state index >= 15 is 0 Å². The summed E-state index contributed by atoms with van der Waals surface area (Å²) in [6, 6.07) is 13.2. The Morgan fingerprint density at radius 3 is 2.46 bits per heavy atom. The number of nitrogens with zero attached hydrogens (tertiary/aromatic N) is 3. The van der Waals surface area contributed by atoms with Crippen LogP contribution in [0.2, 0.25) is 10.6 Å². The van der Waals surface area contributed by atoms with Crippen molar-refractivity contribution in [2.24, 2.45) is 0 Å². The second-order valence-corrected chi connectivity index (χ2v) is 6.27. The average Bonchev–Trinajstić information content (AvgIpc) is 2.61. The molecule has 2 heterocycles. The number of para-hydroxylation sites is 1. The van der Waals surface area contributed by atoms with E-state index in [0.29, 0.717) is 17.2 Å². The minimum Gasteiger partial charge on any atom is -0.463 e. The van der Waals surface area contributed by atoms with Gasteiger partial charge in [-0.05, 0) is 47.0 Å². The lowest BCUT2D eigenvalue weighted by Crippen LogP contribution is -2.10. The molecular weight excluding hydrogens is 375 g/mol. The van der Waals surface area contributed by atoms with Gasteiger partial charge in [0.05, 0.1) is 12.1 Å². The highest BCUT2D eigenvalue weighted by Crippen LogP contribution is 2.19. The van der Waals surface area contributed by atoms with Crippen LogP contribution >= 0.6 is 23.2 Å². The normalized spacial score (nSPS) is 11.2. The van der Waals surface area contributed by atoms with Crippen molar-refractivity contribution < 1.29 is 4.74 Å². The van der Waals surface area contributed by atoms with Crippen LogP contribution in [-0.4, -0.2) is 26.5 Å². The molecule has 2 aromatic carbocycles. The standard InChI is InChI=1S/C18H12Cl2N4O2/c19-16-22-17(20)24-18(23-16)26-9-8-10-4-3-7-13-14(10)15(25)11-5-1-2-6-12(11)21-13/h1-7H,8-9H2,(H,21,25). The van der Waals surface area contributed by atoms with E-state index in [9.17, 15) is 4.79 Å². The maximum absolute atomic E-state index is 12.9. The highest BCUT2D eigenvalue weighted by atomic mass is 35.5. The molecule has 0 fully saturated rings. The van der Waals surface area contributed by atoms with Crippen LogP contribution in [0.4, 0.5) is 0 Å². The molecule has 0 spiro atoms. The lowest BCUT2D eigenvalue weighted by molar-refractivity contribution is 0.295. The van der Waals surface area contributed by atoms with Crippen molar-refractivity contribution in [3.8, 4) is 6.01 Å². The number of benzene rings is 2. The smallest absolute Gasteiger partial charge is 0.322 e. The van der Waals surface area contributed by atoms with E-state index in [-0.39, 0.29) is 28.6 Å². The zero-order valence-electron chi connectivity index (χ0n) is 13.4. The number of H-pyrrole nitrogens is 1. The predicted octanol–water partition coefficient (Wildman–Crippen LogP) is 3.79. The largest absolute Gasteiger partial charge is 0.463 e.